The normalized spacial score (nSPS) is 19.7. The van der Waals surface area contributed by atoms with Gasteiger partial charge in [0.1, 0.15) is 11.9 Å². The van der Waals surface area contributed by atoms with Gasteiger partial charge in [-0.05, 0) is 6.07 Å². The summed E-state index contributed by atoms with van der Waals surface area (Å²) in [5.74, 6) is -0.367. The number of hydrogen-bond donors (Lipinski definition) is 1. The van der Waals surface area contributed by atoms with E-state index in [2.05, 4.69) is 4.98 Å². The Balaban J connectivity index is 2.35. The highest BCUT2D eigenvalue weighted by Crippen LogP contribution is 2.31. The van der Waals surface area contributed by atoms with Crippen LogP contribution in [0.1, 0.15) is 6.42 Å². The molecule has 17 heavy (non-hydrogen) atoms. The van der Waals surface area contributed by atoms with Crippen LogP contribution in [0.5, 0.6) is 0 Å². The molecule has 90 valence electrons. The molecule has 1 saturated heterocycles. The van der Waals surface area contributed by atoms with Crippen LogP contribution < -0.4 is 4.90 Å². The minimum Gasteiger partial charge on any atom is -0.396 e. The molecule has 1 atom stereocenters. The third-order valence-corrected chi connectivity index (χ3v) is 2.73. The van der Waals surface area contributed by atoms with Gasteiger partial charge < -0.3 is 10.0 Å². The van der Waals surface area contributed by atoms with Crippen molar-refractivity contribution in [2.24, 2.45) is 5.92 Å². The maximum Gasteiger partial charge on any atom is 0.311 e. The second-order valence-electron chi connectivity index (χ2n) is 3.88. The maximum atomic E-state index is 11.7. The standard InChI is InChI=1S/C10H11N3O4/c14-6-7-3-10(15)12(5-7)8-1-2-11-4-9(8)13(16)17/h1-2,4,7,14H,3,5-6H2. The van der Waals surface area contributed by atoms with E-state index in [4.69, 9.17) is 5.11 Å². The number of aliphatic hydroxyl groups is 1. The van der Waals surface area contributed by atoms with Crippen LogP contribution in [0.15, 0.2) is 18.5 Å². The molecule has 1 amide bonds. The van der Waals surface area contributed by atoms with E-state index in [1.165, 1.54) is 17.2 Å². The molecule has 0 aliphatic carbocycles. The van der Waals surface area contributed by atoms with Crippen LogP contribution in [-0.2, 0) is 4.79 Å². The van der Waals surface area contributed by atoms with E-state index in [9.17, 15) is 14.9 Å². The zero-order valence-corrected chi connectivity index (χ0v) is 8.94. The molecule has 1 N–H and O–H groups in total. The van der Waals surface area contributed by atoms with Crippen molar-refractivity contribution >= 4 is 17.3 Å². The molecule has 0 bridgehead atoms. The highest BCUT2D eigenvalue weighted by molar-refractivity contribution is 5.97. The number of nitro groups is 1. The molecule has 0 aromatic carbocycles. The lowest BCUT2D eigenvalue weighted by Gasteiger charge is -2.15. The van der Waals surface area contributed by atoms with Gasteiger partial charge in [-0.1, -0.05) is 0 Å². The van der Waals surface area contributed by atoms with Gasteiger partial charge >= 0.3 is 5.69 Å². The van der Waals surface area contributed by atoms with Crippen molar-refractivity contribution in [2.75, 3.05) is 18.1 Å². The van der Waals surface area contributed by atoms with Gasteiger partial charge in [0.2, 0.25) is 5.91 Å². The number of anilines is 1. The van der Waals surface area contributed by atoms with E-state index >= 15 is 0 Å². The molecule has 0 radical (unpaired) electrons. The lowest BCUT2D eigenvalue weighted by Crippen LogP contribution is -2.25. The summed E-state index contributed by atoms with van der Waals surface area (Å²) in [5.41, 5.74) is 0.0467. The average molecular weight is 237 g/mol. The number of carbonyl (C=O) groups is 1. The number of nitrogens with zero attached hydrogens (tertiary/aromatic N) is 3. The fourth-order valence-corrected chi connectivity index (χ4v) is 1.88. The zero-order valence-electron chi connectivity index (χ0n) is 8.94. The van der Waals surface area contributed by atoms with E-state index in [1.807, 2.05) is 0 Å². The van der Waals surface area contributed by atoms with Crippen LogP contribution in [0.3, 0.4) is 0 Å². The molecule has 1 fully saturated rings. The van der Waals surface area contributed by atoms with Crippen molar-refractivity contribution in [3.05, 3.63) is 28.6 Å². The van der Waals surface area contributed by atoms with Gasteiger partial charge in [-0.25, -0.2) is 0 Å². The van der Waals surface area contributed by atoms with Crippen molar-refractivity contribution in [3.63, 3.8) is 0 Å². The lowest BCUT2D eigenvalue weighted by molar-refractivity contribution is -0.384. The number of carbonyl (C=O) groups excluding carboxylic acids is 1. The maximum absolute atomic E-state index is 11.7. The van der Waals surface area contributed by atoms with E-state index in [1.54, 1.807) is 0 Å². The molecule has 1 unspecified atom stereocenters. The Labute approximate surface area is 96.8 Å². The summed E-state index contributed by atoms with van der Waals surface area (Å²) in [6, 6.07) is 1.44. The third-order valence-electron chi connectivity index (χ3n) is 2.73. The van der Waals surface area contributed by atoms with Crippen molar-refractivity contribution in [3.8, 4) is 0 Å². The minimum absolute atomic E-state index is 0.0961. The van der Waals surface area contributed by atoms with Gasteiger partial charge in [0, 0.05) is 31.7 Å². The van der Waals surface area contributed by atoms with Crippen LogP contribution in [0.4, 0.5) is 11.4 Å². The number of amides is 1. The fraction of sp³-hybridized carbons (Fsp3) is 0.400. The Morgan fingerprint density at radius 1 is 1.65 bits per heavy atom. The Hall–Kier alpha value is -2.02. The summed E-state index contributed by atoms with van der Waals surface area (Å²) < 4.78 is 0. The lowest BCUT2D eigenvalue weighted by atomic mass is 10.1. The molecule has 0 saturated carbocycles. The molecule has 1 aliphatic heterocycles. The van der Waals surface area contributed by atoms with Crippen molar-refractivity contribution < 1.29 is 14.8 Å². The van der Waals surface area contributed by atoms with E-state index < -0.39 is 4.92 Å². The van der Waals surface area contributed by atoms with Crippen molar-refractivity contribution in [2.45, 2.75) is 6.42 Å². The van der Waals surface area contributed by atoms with Crippen LogP contribution in [-0.4, -0.2) is 34.1 Å². The molecule has 1 aliphatic rings. The number of rotatable bonds is 3. The summed E-state index contributed by atoms with van der Waals surface area (Å²) in [7, 11) is 0. The second kappa shape index (κ2) is 4.46. The van der Waals surface area contributed by atoms with Crippen LogP contribution >= 0.6 is 0 Å². The largest absolute Gasteiger partial charge is 0.396 e. The topological polar surface area (TPSA) is 96.6 Å². The Morgan fingerprint density at radius 3 is 3.00 bits per heavy atom. The molecular weight excluding hydrogens is 226 g/mol. The zero-order chi connectivity index (χ0) is 12.4. The molecule has 2 heterocycles. The van der Waals surface area contributed by atoms with Crippen LogP contribution in [0.2, 0.25) is 0 Å². The summed E-state index contributed by atoms with van der Waals surface area (Å²) in [4.78, 5) is 26.9. The Kier molecular flexibility index (Phi) is 3.01. The second-order valence-corrected chi connectivity index (χ2v) is 3.88. The number of pyridine rings is 1. The van der Waals surface area contributed by atoms with Crippen molar-refractivity contribution in [1.29, 1.82) is 0 Å². The monoisotopic (exact) mass is 237 g/mol. The van der Waals surface area contributed by atoms with Gasteiger partial charge in [-0.2, -0.15) is 0 Å². The van der Waals surface area contributed by atoms with Gasteiger partial charge in [-0.3, -0.25) is 19.9 Å². The van der Waals surface area contributed by atoms with E-state index in [-0.39, 0.29) is 36.2 Å². The average Bonchev–Trinajstić information content (AvgIpc) is 2.70. The predicted molar refractivity (Wildman–Crippen MR) is 58.4 cm³/mol. The van der Waals surface area contributed by atoms with Crippen LogP contribution in [0, 0.1) is 16.0 Å². The van der Waals surface area contributed by atoms with E-state index in [0.717, 1.165) is 6.20 Å². The van der Waals surface area contributed by atoms with Gasteiger partial charge in [0.05, 0.1) is 4.92 Å². The number of aliphatic hydroxyl groups excluding tert-OH is 1. The predicted octanol–water partition coefficient (Wildman–Crippen LogP) is 0.335. The molecular formula is C10H11N3O4. The summed E-state index contributed by atoms with van der Waals surface area (Å²) in [6.45, 7) is 0.210. The Bertz CT molecular complexity index is 463. The smallest absolute Gasteiger partial charge is 0.311 e. The molecule has 1 aromatic heterocycles. The number of hydrogen-bond acceptors (Lipinski definition) is 5. The van der Waals surface area contributed by atoms with Gasteiger partial charge in [0.15, 0.2) is 0 Å². The molecule has 0 spiro atoms. The highest BCUT2D eigenvalue weighted by atomic mass is 16.6. The Morgan fingerprint density at radius 2 is 2.41 bits per heavy atom. The summed E-state index contributed by atoms with van der Waals surface area (Å²) in [6.07, 6.45) is 2.74. The number of aromatic nitrogens is 1. The first kappa shape index (κ1) is 11.5. The quantitative estimate of drug-likeness (QED) is 0.603. The first-order valence-electron chi connectivity index (χ1n) is 5.13. The molecule has 2 rings (SSSR count). The third kappa shape index (κ3) is 2.09. The first-order chi connectivity index (χ1) is 8.13. The van der Waals surface area contributed by atoms with Crippen LogP contribution in [0.25, 0.3) is 0 Å². The van der Waals surface area contributed by atoms with Crippen molar-refractivity contribution in [1.82, 2.24) is 4.98 Å². The summed E-state index contributed by atoms with van der Waals surface area (Å²) in [5, 5.41) is 19.8. The highest BCUT2D eigenvalue weighted by Gasteiger charge is 2.33. The molecule has 1 aromatic rings. The molecule has 7 heteroatoms. The fourth-order valence-electron chi connectivity index (χ4n) is 1.88. The summed E-state index contributed by atoms with van der Waals surface area (Å²) >= 11 is 0. The molecule has 7 nitrogen and oxygen atoms in total. The van der Waals surface area contributed by atoms with Gasteiger partial charge in [0.25, 0.3) is 0 Å². The minimum atomic E-state index is -0.568. The first-order valence-corrected chi connectivity index (χ1v) is 5.13. The SMILES string of the molecule is O=C1CC(CO)CN1c1ccncc1[N+](=O)[O-]. The van der Waals surface area contributed by atoms with E-state index in [0.29, 0.717) is 6.54 Å². The van der Waals surface area contributed by atoms with Gasteiger partial charge in [-0.15, -0.1) is 0 Å².